The first-order chi connectivity index (χ1) is 7.29. The third-order valence-corrected chi connectivity index (χ3v) is 4.75. The molecule has 0 saturated carbocycles. The Kier molecular flexibility index (Phi) is 4.67. The van der Waals surface area contributed by atoms with Gasteiger partial charge < -0.3 is 4.90 Å². The van der Waals surface area contributed by atoms with Crippen molar-refractivity contribution in [2.24, 2.45) is 0 Å². The highest BCUT2D eigenvalue weighted by molar-refractivity contribution is 14.1. The van der Waals surface area contributed by atoms with Crippen LogP contribution in [0, 0.1) is 0 Å². The van der Waals surface area contributed by atoms with Gasteiger partial charge in [0, 0.05) is 68.2 Å². The zero-order chi connectivity index (χ0) is 10.7. The van der Waals surface area contributed by atoms with Gasteiger partial charge in [-0.1, -0.05) is 6.92 Å². The average Bonchev–Trinajstić information content (AvgIpc) is 2.30. The van der Waals surface area contributed by atoms with Crippen LogP contribution in [0.15, 0.2) is 0 Å². The van der Waals surface area contributed by atoms with Crippen LogP contribution in [-0.2, 0) is 0 Å². The van der Waals surface area contributed by atoms with Gasteiger partial charge in [-0.2, -0.15) is 0 Å². The molecule has 2 aliphatic rings. The molecule has 0 unspecified atom stereocenters. The van der Waals surface area contributed by atoms with E-state index in [0.717, 1.165) is 6.04 Å². The molecule has 88 valence electrons. The lowest BCUT2D eigenvalue weighted by Crippen LogP contribution is -2.52. The maximum atomic E-state index is 2.72. The highest BCUT2D eigenvalue weighted by Crippen LogP contribution is 2.19. The molecule has 2 heterocycles. The van der Waals surface area contributed by atoms with E-state index in [2.05, 4.69) is 42.7 Å². The van der Waals surface area contributed by atoms with Gasteiger partial charge in [-0.05, 0) is 19.4 Å². The van der Waals surface area contributed by atoms with Crippen molar-refractivity contribution in [2.45, 2.75) is 25.8 Å². The molecule has 0 radical (unpaired) electrons. The van der Waals surface area contributed by atoms with E-state index in [0.29, 0.717) is 0 Å². The Hall–Kier alpha value is 0.610. The monoisotopic (exact) mass is 323 g/mol. The van der Waals surface area contributed by atoms with Crippen LogP contribution in [0.25, 0.3) is 0 Å². The fourth-order valence-electron chi connectivity index (χ4n) is 2.64. The van der Waals surface area contributed by atoms with Crippen molar-refractivity contribution in [3.8, 4) is 0 Å². The summed E-state index contributed by atoms with van der Waals surface area (Å²) in [6.45, 7) is 11.2. The van der Waals surface area contributed by atoms with E-state index in [9.17, 15) is 0 Å². The summed E-state index contributed by atoms with van der Waals surface area (Å²) in [5, 5.41) is 0. The minimum atomic E-state index is 0.870. The lowest BCUT2D eigenvalue weighted by Gasteiger charge is -2.41. The number of hydrogen-bond donors (Lipinski definition) is 0. The Bertz CT molecular complexity index is 184. The summed E-state index contributed by atoms with van der Waals surface area (Å²) in [5.41, 5.74) is 0. The number of piperidine rings is 1. The molecule has 2 saturated heterocycles. The van der Waals surface area contributed by atoms with Gasteiger partial charge in [0.1, 0.15) is 0 Å². The minimum Gasteiger partial charge on any atom is -0.301 e. The molecule has 0 aromatic carbocycles. The second-order valence-corrected chi connectivity index (χ2v) is 5.98. The quantitative estimate of drug-likeness (QED) is 0.562. The summed E-state index contributed by atoms with van der Waals surface area (Å²) < 4.78 is 2.43. The van der Waals surface area contributed by atoms with Crippen molar-refractivity contribution >= 4 is 22.9 Å². The SMILES string of the molecule is CCN1CCN(C2CCN(I)CC2)CC1. The number of likely N-dealkylation sites (N-methyl/N-ethyl adjacent to an activating group) is 1. The lowest BCUT2D eigenvalue weighted by atomic mass is 10.0. The molecule has 0 atom stereocenters. The molecule has 0 aliphatic carbocycles. The zero-order valence-electron chi connectivity index (χ0n) is 9.66. The van der Waals surface area contributed by atoms with Gasteiger partial charge in [0.2, 0.25) is 0 Å². The van der Waals surface area contributed by atoms with Crippen molar-refractivity contribution in [1.29, 1.82) is 0 Å². The van der Waals surface area contributed by atoms with Gasteiger partial charge in [-0.3, -0.25) is 4.90 Å². The molecule has 0 aromatic rings. The van der Waals surface area contributed by atoms with E-state index in [-0.39, 0.29) is 0 Å². The molecule has 0 amide bonds. The van der Waals surface area contributed by atoms with Gasteiger partial charge in [0.05, 0.1) is 0 Å². The van der Waals surface area contributed by atoms with E-state index in [1.807, 2.05) is 0 Å². The molecule has 0 bridgehead atoms. The molecule has 0 N–H and O–H groups in total. The first-order valence-electron chi connectivity index (χ1n) is 6.16. The summed E-state index contributed by atoms with van der Waals surface area (Å²) in [4.78, 5) is 5.28. The van der Waals surface area contributed by atoms with Gasteiger partial charge >= 0.3 is 0 Å². The number of piperazine rings is 1. The molecule has 4 heteroatoms. The Morgan fingerprint density at radius 1 is 1.00 bits per heavy atom. The van der Waals surface area contributed by atoms with Gasteiger partial charge in [-0.15, -0.1) is 0 Å². The van der Waals surface area contributed by atoms with Crippen molar-refractivity contribution in [1.82, 2.24) is 12.9 Å². The number of hydrogen-bond acceptors (Lipinski definition) is 3. The van der Waals surface area contributed by atoms with Crippen LogP contribution >= 0.6 is 22.9 Å². The highest BCUT2D eigenvalue weighted by atomic mass is 127. The van der Waals surface area contributed by atoms with E-state index in [4.69, 9.17) is 0 Å². The van der Waals surface area contributed by atoms with E-state index < -0.39 is 0 Å². The molecular weight excluding hydrogens is 301 g/mol. The molecule has 2 rings (SSSR count). The average molecular weight is 323 g/mol. The van der Waals surface area contributed by atoms with E-state index >= 15 is 0 Å². The fraction of sp³-hybridized carbons (Fsp3) is 1.00. The predicted molar refractivity (Wildman–Crippen MR) is 72.3 cm³/mol. The smallest absolute Gasteiger partial charge is 0.0201 e. The van der Waals surface area contributed by atoms with Crippen molar-refractivity contribution in [3.63, 3.8) is 0 Å². The van der Waals surface area contributed by atoms with Crippen LogP contribution in [0.4, 0.5) is 0 Å². The lowest BCUT2D eigenvalue weighted by molar-refractivity contribution is 0.0782. The van der Waals surface area contributed by atoms with Crippen molar-refractivity contribution in [2.75, 3.05) is 45.8 Å². The summed E-state index contributed by atoms with van der Waals surface area (Å²) >= 11 is 2.45. The second kappa shape index (κ2) is 5.80. The van der Waals surface area contributed by atoms with Crippen LogP contribution in [0.2, 0.25) is 0 Å². The first-order valence-corrected chi connectivity index (χ1v) is 7.13. The molecular formula is C11H22IN3. The normalized spacial score (nSPS) is 28.4. The largest absolute Gasteiger partial charge is 0.301 e. The second-order valence-electron chi connectivity index (χ2n) is 4.61. The summed E-state index contributed by atoms with van der Waals surface area (Å²) in [5.74, 6) is 0. The Morgan fingerprint density at radius 2 is 1.60 bits per heavy atom. The number of nitrogens with zero attached hydrogens (tertiary/aromatic N) is 3. The summed E-state index contributed by atoms with van der Waals surface area (Å²) in [6.07, 6.45) is 2.74. The minimum absolute atomic E-state index is 0.870. The third-order valence-electron chi connectivity index (χ3n) is 3.78. The maximum absolute atomic E-state index is 2.72. The number of rotatable bonds is 2. The van der Waals surface area contributed by atoms with Crippen molar-refractivity contribution < 1.29 is 0 Å². The van der Waals surface area contributed by atoms with Gasteiger partial charge in [-0.25, -0.2) is 3.11 Å². The van der Waals surface area contributed by atoms with Crippen LogP contribution in [0.3, 0.4) is 0 Å². The van der Waals surface area contributed by atoms with E-state index in [1.165, 1.54) is 58.7 Å². The number of halogens is 1. The zero-order valence-corrected chi connectivity index (χ0v) is 11.8. The Balaban J connectivity index is 1.75. The summed E-state index contributed by atoms with van der Waals surface area (Å²) in [6, 6.07) is 0.870. The molecule has 2 aliphatic heterocycles. The standard InChI is InChI=1S/C11H22IN3/c1-2-13-7-9-14(10-8-13)11-3-5-15(12)6-4-11/h11H,2-10H2,1H3. The molecule has 15 heavy (non-hydrogen) atoms. The van der Waals surface area contributed by atoms with Crippen LogP contribution in [0.5, 0.6) is 0 Å². The Labute approximate surface area is 107 Å². The Morgan fingerprint density at radius 3 is 2.13 bits per heavy atom. The topological polar surface area (TPSA) is 9.72 Å². The third kappa shape index (κ3) is 3.28. The molecule has 2 fully saturated rings. The van der Waals surface area contributed by atoms with Crippen molar-refractivity contribution in [3.05, 3.63) is 0 Å². The molecule has 0 aromatic heterocycles. The molecule has 3 nitrogen and oxygen atoms in total. The highest BCUT2D eigenvalue weighted by Gasteiger charge is 2.26. The van der Waals surface area contributed by atoms with Crippen LogP contribution in [-0.4, -0.2) is 64.8 Å². The summed E-state index contributed by atoms with van der Waals surface area (Å²) in [7, 11) is 0. The fourth-order valence-corrected chi connectivity index (χ4v) is 3.20. The first kappa shape index (κ1) is 12.1. The van der Waals surface area contributed by atoms with E-state index in [1.54, 1.807) is 0 Å². The van der Waals surface area contributed by atoms with Crippen LogP contribution < -0.4 is 0 Å². The maximum Gasteiger partial charge on any atom is 0.0201 e. The molecule has 0 spiro atoms. The van der Waals surface area contributed by atoms with Gasteiger partial charge in [0.15, 0.2) is 0 Å². The van der Waals surface area contributed by atoms with Gasteiger partial charge in [0.25, 0.3) is 0 Å². The van der Waals surface area contributed by atoms with Crippen LogP contribution in [0.1, 0.15) is 19.8 Å². The predicted octanol–water partition coefficient (Wildman–Crippen LogP) is 1.44.